The number of aryl methyl sites for hydroxylation is 2. The Morgan fingerprint density at radius 3 is 2.50 bits per heavy atom. The number of hydrogen-bond donors (Lipinski definition) is 0. The highest BCUT2D eigenvalue weighted by Gasteiger charge is 2.44. The predicted octanol–water partition coefficient (Wildman–Crippen LogP) is 3.61. The quantitative estimate of drug-likeness (QED) is 0.750. The molecule has 2 heteroatoms. The minimum absolute atomic E-state index is 0.0989. The summed E-state index contributed by atoms with van der Waals surface area (Å²) in [5.74, 6) is 1.00. The van der Waals surface area contributed by atoms with Gasteiger partial charge >= 0.3 is 0 Å². The molecule has 0 amide bonds. The lowest BCUT2D eigenvalue weighted by Crippen LogP contribution is -2.19. The predicted molar refractivity (Wildman–Crippen MR) is 62.3 cm³/mol. The van der Waals surface area contributed by atoms with Crippen molar-refractivity contribution in [3.63, 3.8) is 0 Å². The molecule has 76 valence electrons. The van der Waals surface area contributed by atoms with Gasteiger partial charge in [-0.15, -0.1) is 0 Å². The van der Waals surface area contributed by atoms with Crippen LogP contribution in [-0.4, -0.2) is 10.9 Å². The lowest BCUT2D eigenvalue weighted by molar-refractivity contribution is 0.206. The number of alkyl halides is 1. The fourth-order valence-corrected chi connectivity index (χ4v) is 2.10. The molecule has 1 aromatic carbocycles. The zero-order chi connectivity index (χ0) is 10.2. The van der Waals surface area contributed by atoms with E-state index in [0.717, 1.165) is 11.1 Å². The SMILES string of the molecule is Cc1ccc(OC2(CBr)CC2)cc1C. The van der Waals surface area contributed by atoms with Crippen LogP contribution in [0.3, 0.4) is 0 Å². The first kappa shape index (κ1) is 10.0. The van der Waals surface area contributed by atoms with Crippen molar-refractivity contribution in [2.75, 3.05) is 5.33 Å². The van der Waals surface area contributed by atoms with Crippen LogP contribution in [0.1, 0.15) is 24.0 Å². The summed E-state index contributed by atoms with van der Waals surface area (Å²) in [6, 6.07) is 6.30. The zero-order valence-electron chi connectivity index (χ0n) is 8.64. The van der Waals surface area contributed by atoms with Crippen LogP contribution in [0.2, 0.25) is 0 Å². The van der Waals surface area contributed by atoms with Gasteiger partial charge in [-0.3, -0.25) is 0 Å². The Bertz CT molecular complexity index is 342. The molecular weight excluding hydrogens is 240 g/mol. The van der Waals surface area contributed by atoms with Gasteiger partial charge in [0.1, 0.15) is 11.4 Å². The van der Waals surface area contributed by atoms with Crippen LogP contribution < -0.4 is 4.74 Å². The van der Waals surface area contributed by atoms with E-state index >= 15 is 0 Å². The van der Waals surface area contributed by atoms with Gasteiger partial charge in [0.2, 0.25) is 0 Å². The standard InChI is InChI=1S/C12H15BrO/c1-9-3-4-11(7-10(9)2)14-12(8-13)5-6-12/h3-4,7H,5-6,8H2,1-2H3. The Kier molecular flexibility index (Phi) is 2.56. The lowest BCUT2D eigenvalue weighted by atomic mass is 10.1. The largest absolute Gasteiger partial charge is 0.486 e. The molecule has 1 aromatic rings. The van der Waals surface area contributed by atoms with Gasteiger partial charge in [-0.2, -0.15) is 0 Å². The summed E-state index contributed by atoms with van der Waals surface area (Å²) in [7, 11) is 0. The maximum absolute atomic E-state index is 5.95. The topological polar surface area (TPSA) is 9.23 Å². The van der Waals surface area contributed by atoms with E-state index in [-0.39, 0.29) is 5.60 Å². The van der Waals surface area contributed by atoms with Crippen molar-refractivity contribution in [1.29, 1.82) is 0 Å². The van der Waals surface area contributed by atoms with Gasteiger partial charge in [0.25, 0.3) is 0 Å². The van der Waals surface area contributed by atoms with Crippen LogP contribution in [0.15, 0.2) is 18.2 Å². The van der Waals surface area contributed by atoms with E-state index in [1.54, 1.807) is 0 Å². The first-order valence-corrected chi connectivity index (χ1v) is 6.10. The second-order valence-corrected chi connectivity index (χ2v) is 4.73. The lowest BCUT2D eigenvalue weighted by Gasteiger charge is -2.16. The monoisotopic (exact) mass is 254 g/mol. The summed E-state index contributed by atoms with van der Waals surface area (Å²) in [5.41, 5.74) is 2.72. The van der Waals surface area contributed by atoms with Crippen molar-refractivity contribution >= 4 is 15.9 Å². The Labute approximate surface area is 93.6 Å². The molecule has 1 saturated carbocycles. The van der Waals surface area contributed by atoms with Gasteiger partial charge in [0.15, 0.2) is 0 Å². The zero-order valence-corrected chi connectivity index (χ0v) is 10.2. The van der Waals surface area contributed by atoms with E-state index in [1.165, 1.54) is 24.0 Å². The van der Waals surface area contributed by atoms with Crippen molar-refractivity contribution in [3.05, 3.63) is 29.3 Å². The van der Waals surface area contributed by atoms with E-state index in [0.29, 0.717) is 0 Å². The van der Waals surface area contributed by atoms with E-state index < -0.39 is 0 Å². The van der Waals surface area contributed by atoms with Crippen molar-refractivity contribution in [3.8, 4) is 5.75 Å². The number of ether oxygens (including phenoxy) is 1. The van der Waals surface area contributed by atoms with Crippen LogP contribution in [0.4, 0.5) is 0 Å². The molecule has 0 unspecified atom stereocenters. The molecule has 0 spiro atoms. The van der Waals surface area contributed by atoms with Gasteiger partial charge in [0, 0.05) is 5.33 Å². The highest BCUT2D eigenvalue weighted by atomic mass is 79.9. The fraction of sp³-hybridized carbons (Fsp3) is 0.500. The molecular formula is C12H15BrO. The third-order valence-electron chi connectivity index (χ3n) is 2.86. The minimum atomic E-state index is 0.0989. The number of rotatable bonds is 3. The van der Waals surface area contributed by atoms with E-state index in [1.807, 2.05) is 0 Å². The molecule has 1 aliphatic rings. The third kappa shape index (κ3) is 1.95. The molecule has 2 rings (SSSR count). The average molecular weight is 255 g/mol. The molecule has 14 heavy (non-hydrogen) atoms. The molecule has 1 aliphatic carbocycles. The van der Waals surface area contributed by atoms with Crippen LogP contribution in [0.5, 0.6) is 5.75 Å². The molecule has 0 saturated heterocycles. The molecule has 0 bridgehead atoms. The molecule has 0 heterocycles. The number of halogens is 1. The first-order valence-electron chi connectivity index (χ1n) is 4.97. The Morgan fingerprint density at radius 1 is 1.29 bits per heavy atom. The maximum Gasteiger partial charge on any atom is 0.120 e. The van der Waals surface area contributed by atoms with Crippen LogP contribution in [-0.2, 0) is 0 Å². The third-order valence-corrected chi connectivity index (χ3v) is 3.89. The first-order chi connectivity index (χ1) is 6.65. The summed E-state index contributed by atoms with van der Waals surface area (Å²) < 4.78 is 5.95. The number of hydrogen-bond acceptors (Lipinski definition) is 1. The average Bonchev–Trinajstić information content (AvgIpc) is 2.93. The molecule has 0 atom stereocenters. The van der Waals surface area contributed by atoms with Gasteiger partial charge in [-0.25, -0.2) is 0 Å². The Hall–Kier alpha value is -0.500. The van der Waals surface area contributed by atoms with Crippen LogP contribution in [0, 0.1) is 13.8 Å². The highest BCUT2D eigenvalue weighted by molar-refractivity contribution is 9.09. The second-order valence-electron chi connectivity index (χ2n) is 4.16. The summed E-state index contributed by atoms with van der Waals surface area (Å²) in [5, 5.41) is 0.937. The molecule has 1 fully saturated rings. The van der Waals surface area contributed by atoms with Crippen LogP contribution in [0.25, 0.3) is 0 Å². The molecule has 0 aliphatic heterocycles. The van der Waals surface area contributed by atoms with E-state index in [9.17, 15) is 0 Å². The number of benzene rings is 1. The highest BCUT2D eigenvalue weighted by Crippen LogP contribution is 2.41. The van der Waals surface area contributed by atoms with Crippen molar-refractivity contribution in [2.24, 2.45) is 0 Å². The minimum Gasteiger partial charge on any atom is -0.486 e. The van der Waals surface area contributed by atoms with Gasteiger partial charge in [0.05, 0.1) is 0 Å². The van der Waals surface area contributed by atoms with Crippen molar-refractivity contribution in [2.45, 2.75) is 32.3 Å². The summed E-state index contributed by atoms with van der Waals surface area (Å²) >= 11 is 3.50. The van der Waals surface area contributed by atoms with Crippen LogP contribution >= 0.6 is 15.9 Å². The molecule has 0 aromatic heterocycles. The van der Waals surface area contributed by atoms with Crippen molar-refractivity contribution < 1.29 is 4.74 Å². The van der Waals surface area contributed by atoms with Gasteiger partial charge in [-0.05, 0) is 49.9 Å². The molecule has 1 nitrogen and oxygen atoms in total. The second kappa shape index (κ2) is 3.58. The maximum atomic E-state index is 5.95. The fourth-order valence-electron chi connectivity index (χ4n) is 1.43. The van der Waals surface area contributed by atoms with Gasteiger partial charge in [-0.1, -0.05) is 22.0 Å². The van der Waals surface area contributed by atoms with E-state index in [4.69, 9.17) is 4.74 Å². The summed E-state index contributed by atoms with van der Waals surface area (Å²) in [4.78, 5) is 0. The smallest absolute Gasteiger partial charge is 0.120 e. The normalized spacial score (nSPS) is 17.9. The summed E-state index contributed by atoms with van der Waals surface area (Å²) in [6.45, 7) is 4.24. The van der Waals surface area contributed by atoms with Crippen molar-refractivity contribution in [1.82, 2.24) is 0 Å². The Morgan fingerprint density at radius 2 is 2.00 bits per heavy atom. The molecule has 0 N–H and O–H groups in total. The molecule has 0 radical (unpaired) electrons. The van der Waals surface area contributed by atoms with Gasteiger partial charge < -0.3 is 4.74 Å². The summed E-state index contributed by atoms with van der Waals surface area (Å²) in [6.07, 6.45) is 2.34. The van der Waals surface area contributed by atoms with E-state index in [2.05, 4.69) is 48.0 Å². The Balaban J connectivity index is 2.14.